The first-order valence-electron chi connectivity index (χ1n) is 8.62. The minimum atomic E-state index is -0.870. The number of rotatable bonds is 9. The zero-order valence-electron chi connectivity index (χ0n) is 15.7. The number of hydrogen-bond donors (Lipinski definition) is 0. The number of hydrogen-bond acceptors (Lipinski definition) is 8. The van der Waals surface area contributed by atoms with Crippen molar-refractivity contribution in [3.8, 4) is 5.75 Å². The van der Waals surface area contributed by atoms with Crippen LogP contribution in [0.1, 0.15) is 36.6 Å². The fraction of sp³-hybridized carbons (Fsp3) is 0.167. The highest BCUT2D eigenvalue weighted by atomic mass is 16.7. The third-order valence-corrected chi connectivity index (χ3v) is 4.04. The van der Waals surface area contributed by atoms with E-state index in [1.54, 1.807) is 12.1 Å². The number of azide groups is 2. The Labute approximate surface area is 173 Å². The Morgan fingerprint density at radius 2 is 1.61 bits per heavy atom. The molecule has 1 aliphatic heterocycles. The van der Waals surface area contributed by atoms with Crippen LogP contribution >= 0.6 is 0 Å². The van der Waals surface area contributed by atoms with Crippen LogP contribution < -0.4 is 4.74 Å². The van der Waals surface area contributed by atoms with E-state index in [1.165, 1.54) is 30.3 Å². The van der Waals surface area contributed by atoms with Gasteiger partial charge in [-0.25, -0.2) is 4.79 Å². The summed E-state index contributed by atoms with van der Waals surface area (Å²) >= 11 is 0. The van der Waals surface area contributed by atoms with Crippen LogP contribution in [0.4, 0.5) is 0 Å². The molecule has 0 saturated heterocycles. The van der Waals surface area contributed by atoms with Gasteiger partial charge in [-0.15, -0.1) is 5.06 Å². The number of carbonyl (C=O) groups is 3. The normalized spacial score (nSPS) is 11.9. The van der Waals surface area contributed by atoms with E-state index in [0.717, 1.165) is 0 Å². The standard InChI is InChI=1S/C18H13N7O6/c19-23-21-9-29-15-6-5-11(7-14(15)18(28)30-10-22-24-20)8-31-25-16(26)12-3-1-2-4-13(12)17(25)27/h1-7H,8-10H2. The number of benzene rings is 2. The van der Waals surface area contributed by atoms with Gasteiger partial charge in [0.2, 0.25) is 0 Å². The van der Waals surface area contributed by atoms with Crippen molar-refractivity contribution < 1.29 is 28.7 Å². The molecule has 0 bridgehead atoms. The number of esters is 1. The zero-order valence-corrected chi connectivity index (χ0v) is 15.7. The van der Waals surface area contributed by atoms with Gasteiger partial charge in [0.25, 0.3) is 11.8 Å². The van der Waals surface area contributed by atoms with Gasteiger partial charge in [-0.2, -0.15) is 0 Å². The number of amides is 2. The highest BCUT2D eigenvalue weighted by Gasteiger charge is 2.36. The monoisotopic (exact) mass is 423 g/mol. The molecule has 13 heteroatoms. The summed E-state index contributed by atoms with van der Waals surface area (Å²) in [6, 6.07) is 10.6. The number of imide groups is 1. The van der Waals surface area contributed by atoms with E-state index in [9.17, 15) is 14.4 Å². The fourth-order valence-electron chi connectivity index (χ4n) is 2.69. The molecule has 31 heavy (non-hydrogen) atoms. The Balaban J connectivity index is 1.77. The van der Waals surface area contributed by atoms with Crippen LogP contribution in [0.3, 0.4) is 0 Å². The van der Waals surface area contributed by atoms with Crippen LogP contribution in [0.25, 0.3) is 20.9 Å². The lowest BCUT2D eigenvalue weighted by Gasteiger charge is -2.15. The van der Waals surface area contributed by atoms with Gasteiger partial charge < -0.3 is 9.47 Å². The van der Waals surface area contributed by atoms with E-state index in [0.29, 0.717) is 10.6 Å². The minimum Gasteiger partial charge on any atom is -0.487 e. The lowest BCUT2D eigenvalue weighted by Crippen LogP contribution is -2.29. The van der Waals surface area contributed by atoms with Crippen molar-refractivity contribution in [2.75, 3.05) is 13.5 Å². The van der Waals surface area contributed by atoms with Crippen LogP contribution in [0, 0.1) is 0 Å². The molecule has 0 aromatic heterocycles. The first-order chi connectivity index (χ1) is 15.1. The highest BCUT2D eigenvalue weighted by Crippen LogP contribution is 2.25. The summed E-state index contributed by atoms with van der Waals surface area (Å²) in [4.78, 5) is 47.4. The van der Waals surface area contributed by atoms with Gasteiger partial charge in [0.1, 0.15) is 17.9 Å². The molecule has 0 atom stereocenters. The molecule has 0 N–H and O–H groups in total. The molecule has 0 aliphatic carbocycles. The Hall–Kier alpha value is -4.57. The van der Waals surface area contributed by atoms with Crippen LogP contribution in [0.5, 0.6) is 5.75 Å². The van der Waals surface area contributed by atoms with E-state index in [1.807, 2.05) is 0 Å². The average molecular weight is 423 g/mol. The Bertz CT molecular complexity index is 1100. The molecule has 0 unspecified atom stereocenters. The first kappa shape index (κ1) is 21.1. The molecule has 1 aliphatic rings. The van der Waals surface area contributed by atoms with Crippen molar-refractivity contribution in [3.05, 3.63) is 85.6 Å². The largest absolute Gasteiger partial charge is 0.487 e. The molecule has 2 aromatic carbocycles. The van der Waals surface area contributed by atoms with Crippen LogP contribution in [0.15, 0.2) is 52.7 Å². The van der Waals surface area contributed by atoms with Crippen LogP contribution in [-0.2, 0) is 16.2 Å². The summed E-state index contributed by atoms with van der Waals surface area (Å²) < 4.78 is 10.1. The van der Waals surface area contributed by atoms with E-state index in [2.05, 4.69) is 20.1 Å². The minimum absolute atomic E-state index is 0.0443. The summed E-state index contributed by atoms with van der Waals surface area (Å²) in [6.07, 6.45) is 0. The van der Waals surface area contributed by atoms with E-state index < -0.39 is 24.5 Å². The molecule has 0 fully saturated rings. The van der Waals surface area contributed by atoms with E-state index in [4.69, 9.17) is 25.4 Å². The Kier molecular flexibility index (Phi) is 6.66. The summed E-state index contributed by atoms with van der Waals surface area (Å²) in [5.74, 6) is -2.01. The van der Waals surface area contributed by atoms with Crippen molar-refractivity contribution in [2.24, 2.45) is 10.2 Å². The van der Waals surface area contributed by atoms with Crippen LogP contribution in [-0.4, -0.2) is 36.3 Å². The molecule has 0 radical (unpaired) electrons. The maximum absolute atomic E-state index is 12.4. The maximum atomic E-state index is 12.4. The number of fused-ring (bicyclic) bond motifs is 1. The summed E-state index contributed by atoms with van der Waals surface area (Å²) in [6.45, 7) is -1.14. The molecule has 2 aromatic rings. The quantitative estimate of drug-likeness (QED) is 0.196. The SMILES string of the molecule is [N-]=[N+]=NCOC(=O)c1cc(CON2C(=O)c3ccccc3C2=O)ccc1OCN=[N+]=[N-]. The third kappa shape index (κ3) is 4.71. The maximum Gasteiger partial charge on any atom is 0.342 e. The smallest absolute Gasteiger partial charge is 0.342 e. The molecule has 13 nitrogen and oxygen atoms in total. The van der Waals surface area contributed by atoms with Crippen molar-refractivity contribution >= 4 is 17.8 Å². The topological polar surface area (TPSA) is 180 Å². The predicted octanol–water partition coefficient (Wildman–Crippen LogP) is 3.49. The summed E-state index contributed by atoms with van der Waals surface area (Å²) in [7, 11) is 0. The molecule has 0 saturated carbocycles. The van der Waals surface area contributed by atoms with E-state index >= 15 is 0 Å². The molecule has 2 amide bonds. The zero-order chi connectivity index (χ0) is 22.2. The molecule has 1 heterocycles. The molecule has 3 rings (SSSR count). The first-order valence-corrected chi connectivity index (χ1v) is 8.62. The van der Waals surface area contributed by atoms with Gasteiger partial charge in [0, 0.05) is 9.82 Å². The van der Waals surface area contributed by atoms with Crippen molar-refractivity contribution in [1.29, 1.82) is 0 Å². The third-order valence-electron chi connectivity index (χ3n) is 4.04. The second-order valence-electron chi connectivity index (χ2n) is 5.85. The van der Waals surface area contributed by atoms with Gasteiger partial charge in [-0.05, 0) is 40.9 Å². The average Bonchev–Trinajstić information content (AvgIpc) is 3.03. The number of hydroxylamine groups is 2. The number of carbonyl (C=O) groups excluding carboxylic acids is 3. The number of nitrogens with zero attached hydrogens (tertiary/aromatic N) is 7. The van der Waals surface area contributed by atoms with Gasteiger partial charge in [-0.3, -0.25) is 14.4 Å². The van der Waals surface area contributed by atoms with Gasteiger partial charge in [0.05, 0.1) is 11.1 Å². The Morgan fingerprint density at radius 3 is 2.26 bits per heavy atom. The Morgan fingerprint density at radius 1 is 0.968 bits per heavy atom. The van der Waals surface area contributed by atoms with E-state index in [-0.39, 0.29) is 35.8 Å². The molecular formula is C18H13N7O6. The second kappa shape index (κ2) is 9.76. The van der Waals surface area contributed by atoms with Crippen molar-refractivity contribution in [3.63, 3.8) is 0 Å². The summed E-state index contributed by atoms with van der Waals surface area (Å²) in [5, 5.41) is 6.99. The van der Waals surface area contributed by atoms with Gasteiger partial charge >= 0.3 is 5.97 Å². The highest BCUT2D eigenvalue weighted by molar-refractivity contribution is 6.20. The lowest BCUT2D eigenvalue weighted by atomic mass is 10.1. The fourth-order valence-corrected chi connectivity index (χ4v) is 2.69. The second-order valence-corrected chi connectivity index (χ2v) is 5.85. The predicted molar refractivity (Wildman–Crippen MR) is 102 cm³/mol. The summed E-state index contributed by atoms with van der Waals surface area (Å²) in [5.41, 5.74) is 17.5. The van der Waals surface area contributed by atoms with Crippen molar-refractivity contribution in [2.45, 2.75) is 6.61 Å². The lowest BCUT2D eigenvalue weighted by molar-refractivity contribution is -0.101. The molecule has 0 spiro atoms. The van der Waals surface area contributed by atoms with Gasteiger partial charge in [0.15, 0.2) is 13.5 Å². The van der Waals surface area contributed by atoms with Crippen LogP contribution in [0.2, 0.25) is 0 Å². The molecule has 156 valence electrons. The van der Waals surface area contributed by atoms with Gasteiger partial charge in [-0.1, -0.05) is 28.4 Å². The molecular weight excluding hydrogens is 410 g/mol. The van der Waals surface area contributed by atoms with Crippen molar-refractivity contribution in [1.82, 2.24) is 5.06 Å². The number of ether oxygens (including phenoxy) is 2.